The van der Waals surface area contributed by atoms with E-state index in [1.165, 1.54) is 36.1 Å². The van der Waals surface area contributed by atoms with Crippen LogP contribution in [0.3, 0.4) is 0 Å². The molecular weight excluding hydrogens is 298 g/mol. The predicted molar refractivity (Wildman–Crippen MR) is 95.9 cm³/mol. The van der Waals surface area contributed by atoms with Crippen LogP contribution in [0.1, 0.15) is 35.4 Å². The molecule has 1 aliphatic heterocycles. The van der Waals surface area contributed by atoms with Gasteiger partial charge in [0.25, 0.3) is 0 Å². The first kappa shape index (κ1) is 15.5. The molecule has 3 heteroatoms. The van der Waals surface area contributed by atoms with Crippen LogP contribution >= 0.6 is 0 Å². The van der Waals surface area contributed by atoms with Gasteiger partial charge in [-0.3, -0.25) is 4.90 Å². The molecule has 126 valence electrons. The molecule has 0 N–H and O–H groups in total. The van der Waals surface area contributed by atoms with Crippen LogP contribution in [-0.4, -0.2) is 31.7 Å². The third kappa shape index (κ3) is 2.57. The van der Waals surface area contributed by atoms with Crippen molar-refractivity contribution in [2.75, 3.05) is 20.8 Å². The summed E-state index contributed by atoms with van der Waals surface area (Å²) in [5.41, 5.74) is 4.25. The van der Waals surface area contributed by atoms with Gasteiger partial charge < -0.3 is 9.47 Å². The SMILES string of the molecule is COc1ccc2c(c1OC)CCC1[C@H]2CCN1Cc1ccccc1. The summed E-state index contributed by atoms with van der Waals surface area (Å²) in [6.07, 6.45) is 3.51. The van der Waals surface area contributed by atoms with Crippen molar-refractivity contribution in [1.29, 1.82) is 0 Å². The molecule has 2 aromatic carbocycles. The highest BCUT2D eigenvalue weighted by Gasteiger charge is 2.39. The van der Waals surface area contributed by atoms with Gasteiger partial charge in [-0.2, -0.15) is 0 Å². The molecule has 0 bridgehead atoms. The van der Waals surface area contributed by atoms with Gasteiger partial charge in [0.1, 0.15) is 0 Å². The molecule has 1 aliphatic carbocycles. The first-order valence-electron chi connectivity index (χ1n) is 8.83. The van der Waals surface area contributed by atoms with Crippen molar-refractivity contribution < 1.29 is 9.47 Å². The molecule has 0 spiro atoms. The number of rotatable bonds is 4. The molecule has 2 aliphatic rings. The van der Waals surface area contributed by atoms with Gasteiger partial charge in [-0.25, -0.2) is 0 Å². The van der Waals surface area contributed by atoms with Crippen LogP contribution in [0.5, 0.6) is 11.5 Å². The van der Waals surface area contributed by atoms with E-state index in [0.29, 0.717) is 12.0 Å². The van der Waals surface area contributed by atoms with E-state index in [9.17, 15) is 0 Å². The molecular formula is C21H25NO2. The van der Waals surface area contributed by atoms with Crippen LogP contribution in [0, 0.1) is 0 Å². The van der Waals surface area contributed by atoms with Crippen molar-refractivity contribution in [3.05, 3.63) is 59.2 Å². The van der Waals surface area contributed by atoms with E-state index in [4.69, 9.17) is 9.47 Å². The van der Waals surface area contributed by atoms with Crippen molar-refractivity contribution in [1.82, 2.24) is 4.90 Å². The second kappa shape index (κ2) is 6.48. The Morgan fingerprint density at radius 1 is 1.00 bits per heavy atom. The lowest BCUT2D eigenvalue weighted by molar-refractivity contribution is 0.217. The molecule has 1 saturated heterocycles. The van der Waals surface area contributed by atoms with Crippen molar-refractivity contribution in [3.63, 3.8) is 0 Å². The summed E-state index contributed by atoms with van der Waals surface area (Å²) in [5, 5.41) is 0. The summed E-state index contributed by atoms with van der Waals surface area (Å²) in [4.78, 5) is 2.67. The van der Waals surface area contributed by atoms with E-state index in [0.717, 1.165) is 24.5 Å². The monoisotopic (exact) mass is 323 g/mol. The van der Waals surface area contributed by atoms with Crippen molar-refractivity contribution in [2.45, 2.75) is 37.8 Å². The Labute approximate surface area is 144 Å². The maximum Gasteiger partial charge on any atom is 0.164 e. The van der Waals surface area contributed by atoms with Crippen LogP contribution in [0.2, 0.25) is 0 Å². The van der Waals surface area contributed by atoms with Gasteiger partial charge in [-0.05, 0) is 43.0 Å². The number of fused-ring (bicyclic) bond motifs is 3. The highest BCUT2D eigenvalue weighted by atomic mass is 16.5. The minimum Gasteiger partial charge on any atom is -0.493 e. The zero-order valence-corrected chi connectivity index (χ0v) is 14.5. The van der Waals surface area contributed by atoms with Gasteiger partial charge >= 0.3 is 0 Å². The van der Waals surface area contributed by atoms with Gasteiger partial charge in [0, 0.05) is 24.1 Å². The highest BCUT2D eigenvalue weighted by Crippen LogP contribution is 2.47. The lowest BCUT2D eigenvalue weighted by atomic mass is 9.79. The summed E-state index contributed by atoms with van der Waals surface area (Å²) < 4.78 is 11.1. The molecule has 0 saturated carbocycles. The molecule has 2 atom stereocenters. The number of hydrogen-bond acceptors (Lipinski definition) is 3. The average molecular weight is 323 g/mol. The lowest BCUT2D eigenvalue weighted by Gasteiger charge is -2.34. The summed E-state index contributed by atoms with van der Waals surface area (Å²) in [6.45, 7) is 2.24. The van der Waals surface area contributed by atoms with Gasteiger partial charge in [-0.15, -0.1) is 0 Å². The topological polar surface area (TPSA) is 21.7 Å². The lowest BCUT2D eigenvalue weighted by Crippen LogP contribution is -2.34. The van der Waals surface area contributed by atoms with Crippen LogP contribution in [0.4, 0.5) is 0 Å². The van der Waals surface area contributed by atoms with Crippen molar-refractivity contribution in [2.24, 2.45) is 0 Å². The average Bonchev–Trinajstić information content (AvgIpc) is 3.04. The van der Waals surface area contributed by atoms with E-state index < -0.39 is 0 Å². The molecule has 4 rings (SSSR count). The van der Waals surface area contributed by atoms with Gasteiger partial charge in [0.2, 0.25) is 0 Å². The molecule has 3 nitrogen and oxygen atoms in total. The second-order valence-corrected chi connectivity index (χ2v) is 6.83. The van der Waals surface area contributed by atoms with Crippen molar-refractivity contribution >= 4 is 0 Å². The summed E-state index contributed by atoms with van der Waals surface area (Å²) >= 11 is 0. The summed E-state index contributed by atoms with van der Waals surface area (Å²) in [5.74, 6) is 2.42. The third-order valence-electron chi connectivity index (χ3n) is 5.66. The number of benzene rings is 2. The molecule has 1 fully saturated rings. The maximum absolute atomic E-state index is 5.67. The Bertz CT molecular complexity index is 713. The van der Waals surface area contributed by atoms with E-state index in [1.807, 2.05) is 0 Å². The molecule has 0 aromatic heterocycles. The molecule has 2 aromatic rings. The maximum atomic E-state index is 5.67. The number of likely N-dealkylation sites (tertiary alicyclic amines) is 1. The third-order valence-corrected chi connectivity index (χ3v) is 5.66. The van der Waals surface area contributed by atoms with E-state index in [-0.39, 0.29) is 0 Å². The van der Waals surface area contributed by atoms with Crippen molar-refractivity contribution in [3.8, 4) is 11.5 Å². The summed E-state index contributed by atoms with van der Waals surface area (Å²) in [6, 6.07) is 15.8. The first-order chi connectivity index (χ1) is 11.8. The van der Waals surface area contributed by atoms with Crippen LogP contribution < -0.4 is 9.47 Å². The van der Waals surface area contributed by atoms with E-state index in [1.54, 1.807) is 14.2 Å². The zero-order valence-electron chi connectivity index (χ0n) is 14.5. The molecule has 1 heterocycles. The van der Waals surface area contributed by atoms with E-state index >= 15 is 0 Å². The Balaban J connectivity index is 1.60. The van der Waals surface area contributed by atoms with Crippen LogP contribution in [0.15, 0.2) is 42.5 Å². The largest absolute Gasteiger partial charge is 0.493 e. The smallest absolute Gasteiger partial charge is 0.164 e. The summed E-state index contributed by atoms with van der Waals surface area (Å²) in [7, 11) is 3.47. The molecule has 0 amide bonds. The zero-order chi connectivity index (χ0) is 16.5. The number of methoxy groups -OCH3 is 2. The predicted octanol–water partition coefficient (Wildman–Crippen LogP) is 4.01. The Morgan fingerprint density at radius 3 is 2.58 bits per heavy atom. The fourth-order valence-corrected chi connectivity index (χ4v) is 4.58. The Kier molecular flexibility index (Phi) is 4.19. The second-order valence-electron chi connectivity index (χ2n) is 6.83. The number of hydrogen-bond donors (Lipinski definition) is 0. The van der Waals surface area contributed by atoms with Crippen LogP contribution in [-0.2, 0) is 13.0 Å². The fourth-order valence-electron chi connectivity index (χ4n) is 4.58. The molecule has 1 unspecified atom stereocenters. The molecule has 0 radical (unpaired) electrons. The standard InChI is InChI=1S/C21H25NO2/c1-23-20-11-9-16-17-12-13-22(14-15-6-4-3-5-7-15)19(17)10-8-18(16)21(20)24-2/h3-7,9,11,17,19H,8,10,12-14H2,1-2H3/t17-,19?/m0/s1. The minimum atomic E-state index is 0.622. The molecule has 24 heavy (non-hydrogen) atoms. The first-order valence-corrected chi connectivity index (χ1v) is 8.83. The fraction of sp³-hybridized carbons (Fsp3) is 0.429. The minimum absolute atomic E-state index is 0.622. The normalized spacial score (nSPS) is 22.8. The van der Waals surface area contributed by atoms with Gasteiger partial charge in [0.05, 0.1) is 14.2 Å². The van der Waals surface area contributed by atoms with Gasteiger partial charge in [-0.1, -0.05) is 36.4 Å². The number of ether oxygens (including phenoxy) is 2. The Hall–Kier alpha value is -2.00. The number of nitrogens with zero attached hydrogens (tertiary/aromatic N) is 1. The van der Waals surface area contributed by atoms with Crippen LogP contribution in [0.25, 0.3) is 0 Å². The van der Waals surface area contributed by atoms with Gasteiger partial charge in [0.15, 0.2) is 11.5 Å². The highest BCUT2D eigenvalue weighted by molar-refractivity contribution is 5.53. The van der Waals surface area contributed by atoms with E-state index in [2.05, 4.69) is 47.4 Å². The Morgan fingerprint density at radius 2 is 1.83 bits per heavy atom. The quantitative estimate of drug-likeness (QED) is 0.848.